The van der Waals surface area contributed by atoms with Crippen molar-refractivity contribution in [3.63, 3.8) is 0 Å². The second kappa shape index (κ2) is 9.53. The van der Waals surface area contributed by atoms with Crippen LogP contribution in [-0.4, -0.2) is 78.9 Å². The van der Waals surface area contributed by atoms with E-state index >= 15 is 0 Å². The highest BCUT2D eigenvalue weighted by molar-refractivity contribution is 5.83. The number of rotatable bonds is 8. The molecule has 2 N–H and O–H groups in total. The number of carbonyl (C=O) groups excluding carboxylic acids is 1. The van der Waals surface area contributed by atoms with Gasteiger partial charge in [0, 0.05) is 51.6 Å². The maximum Gasteiger partial charge on any atom is 0.266 e. The van der Waals surface area contributed by atoms with Crippen molar-refractivity contribution in [3.8, 4) is 0 Å². The number of aromatic nitrogens is 2. The van der Waals surface area contributed by atoms with E-state index in [0.717, 1.165) is 12.8 Å². The van der Waals surface area contributed by atoms with E-state index in [-0.39, 0.29) is 23.6 Å². The number of ether oxygens (including phenoxy) is 2. The monoisotopic (exact) mass is 399 g/mol. The number of alkyl halides is 2. The molecule has 0 bridgehead atoms. The van der Waals surface area contributed by atoms with Crippen molar-refractivity contribution >= 4 is 11.9 Å². The smallest absolute Gasteiger partial charge is 0.266 e. The minimum Gasteiger partial charge on any atom is -0.383 e. The van der Waals surface area contributed by atoms with E-state index in [9.17, 15) is 13.6 Å². The average Bonchev–Trinajstić information content (AvgIpc) is 3.07. The molecule has 2 aliphatic rings. The molecule has 0 aromatic carbocycles. The number of carbonyl (C=O) groups is 1. The third-order valence-corrected chi connectivity index (χ3v) is 5.18. The van der Waals surface area contributed by atoms with Crippen LogP contribution in [0.4, 0.5) is 14.7 Å². The van der Waals surface area contributed by atoms with Gasteiger partial charge in [-0.1, -0.05) is 0 Å². The van der Waals surface area contributed by atoms with Crippen molar-refractivity contribution in [1.29, 1.82) is 0 Å². The van der Waals surface area contributed by atoms with Crippen LogP contribution in [0.5, 0.6) is 0 Å². The summed E-state index contributed by atoms with van der Waals surface area (Å²) in [4.78, 5) is 24.6. The molecule has 1 amide bonds. The van der Waals surface area contributed by atoms with E-state index in [1.807, 2.05) is 9.80 Å². The number of piperidine rings is 1. The summed E-state index contributed by atoms with van der Waals surface area (Å²) >= 11 is 0. The third-order valence-electron chi connectivity index (χ3n) is 5.18. The maximum absolute atomic E-state index is 12.6. The Balaban J connectivity index is 1.47. The van der Waals surface area contributed by atoms with Gasteiger partial charge >= 0.3 is 0 Å². The predicted octanol–water partition coefficient (Wildman–Crippen LogP) is 0.974. The molecule has 2 fully saturated rings. The topological polar surface area (TPSA) is 93.8 Å². The van der Waals surface area contributed by atoms with E-state index in [4.69, 9.17) is 15.2 Å². The lowest BCUT2D eigenvalue weighted by Crippen LogP contribution is -2.47. The van der Waals surface area contributed by atoms with Crippen molar-refractivity contribution in [2.75, 3.05) is 44.9 Å². The normalized spacial score (nSPS) is 22.3. The highest BCUT2D eigenvalue weighted by atomic mass is 19.3. The maximum atomic E-state index is 12.6. The highest BCUT2D eigenvalue weighted by Crippen LogP contribution is 2.26. The molecule has 8 nitrogen and oxygen atoms in total. The molecule has 2 atom stereocenters. The molecule has 0 spiro atoms. The first-order valence-electron chi connectivity index (χ1n) is 9.51. The zero-order valence-electron chi connectivity index (χ0n) is 16.0. The van der Waals surface area contributed by atoms with Crippen LogP contribution in [-0.2, 0) is 14.3 Å². The van der Waals surface area contributed by atoms with Gasteiger partial charge in [-0.25, -0.2) is 18.7 Å². The van der Waals surface area contributed by atoms with Crippen LogP contribution in [0.25, 0.3) is 0 Å². The van der Waals surface area contributed by atoms with E-state index in [1.54, 1.807) is 7.11 Å². The minimum atomic E-state index is -2.57. The standard InChI is InChI=1S/C18H27F2N5O3/c1-27-10-13(21)11-28-15-4-7-25(17(15)26)14-2-5-24(6-3-14)18-22-8-12(9-23-18)16(19)20/h8-9,13-16H,2-7,10-11,21H2,1H3/t13-,15?/m0/s1. The highest BCUT2D eigenvalue weighted by Gasteiger charge is 2.38. The Kier molecular flexibility index (Phi) is 7.08. The first kappa shape index (κ1) is 20.8. The lowest BCUT2D eigenvalue weighted by molar-refractivity contribution is -0.139. The van der Waals surface area contributed by atoms with E-state index in [0.29, 0.717) is 45.2 Å². The fourth-order valence-corrected chi connectivity index (χ4v) is 3.68. The molecule has 0 saturated carbocycles. The van der Waals surface area contributed by atoms with Crippen LogP contribution in [0.2, 0.25) is 0 Å². The summed E-state index contributed by atoms with van der Waals surface area (Å²) in [6, 6.07) is -0.100. The molecule has 2 aliphatic heterocycles. The Morgan fingerprint density at radius 1 is 1.18 bits per heavy atom. The minimum absolute atomic E-state index is 0.0144. The van der Waals surface area contributed by atoms with Gasteiger partial charge in [-0.05, 0) is 12.8 Å². The fourth-order valence-electron chi connectivity index (χ4n) is 3.68. The molecule has 156 valence electrons. The lowest BCUT2D eigenvalue weighted by atomic mass is 10.0. The summed E-state index contributed by atoms with van der Waals surface area (Å²) in [6.07, 6.45) is 1.55. The largest absolute Gasteiger partial charge is 0.383 e. The second-order valence-electron chi connectivity index (χ2n) is 7.19. The van der Waals surface area contributed by atoms with Gasteiger partial charge in [-0.15, -0.1) is 0 Å². The number of likely N-dealkylation sites (tertiary alicyclic amines) is 1. The molecular weight excluding hydrogens is 372 g/mol. The van der Waals surface area contributed by atoms with Gasteiger partial charge < -0.3 is 25.0 Å². The van der Waals surface area contributed by atoms with Crippen molar-refractivity contribution in [2.24, 2.45) is 5.73 Å². The van der Waals surface area contributed by atoms with Gasteiger partial charge in [0.1, 0.15) is 6.10 Å². The van der Waals surface area contributed by atoms with Crippen molar-refractivity contribution < 1.29 is 23.0 Å². The number of halogens is 2. The molecular formula is C18H27F2N5O3. The number of hydrogen-bond acceptors (Lipinski definition) is 7. The van der Waals surface area contributed by atoms with Crippen LogP contribution in [0.1, 0.15) is 31.3 Å². The van der Waals surface area contributed by atoms with Crippen molar-refractivity contribution in [2.45, 2.75) is 43.9 Å². The molecule has 10 heteroatoms. The Morgan fingerprint density at radius 3 is 2.46 bits per heavy atom. The quantitative estimate of drug-likeness (QED) is 0.696. The molecule has 3 rings (SSSR count). The first-order chi connectivity index (χ1) is 13.5. The van der Waals surface area contributed by atoms with Crippen LogP contribution in [0, 0.1) is 0 Å². The Morgan fingerprint density at radius 2 is 1.86 bits per heavy atom. The Bertz CT molecular complexity index is 641. The summed E-state index contributed by atoms with van der Waals surface area (Å²) in [5.41, 5.74) is 5.66. The van der Waals surface area contributed by atoms with Gasteiger partial charge in [-0.2, -0.15) is 0 Å². The van der Waals surface area contributed by atoms with Crippen LogP contribution in [0.3, 0.4) is 0 Å². The van der Waals surface area contributed by atoms with Gasteiger partial charge in [0.15, 0.2) is 0 Å². The molecule has 0 aliphatic carbocycles. The number of hydrogen-bond donors (Lipinski definition) is 1. The van der Waals surface area contributed by atoms with Gasteiger partial charge in [0.25, 0.3) is 12.3 Å². The summed E-state index contributed by atoms with van der Waals surface area (Å²) in [6.45, 7) is 2.71. The Hall–Kier alpha value is -1.91. The molecule has 2 saturated heterocycles. The number of nitrogens with zero attached hydrogens (tertiary/aromatic N) is 4. The molecule has 28 heavy (non-hydrogen) atoms. The van der Waals surface area contributed by atoms with Crippen LogP contribution in [0.15, 0.2) is 12.4 Å². The number of amides is 1. The van der Waals surface area contributed by atoms with Crippen LogP contribution >= 0.6 is 0 Å². The predicted molar refractivity (Wildman–Crippen MR) is 98.1 cm³/mol. The summed E-state index contributed by atoms with van der Waals surface area (Å²) in [5, 5.41) is 0. The number of methoxy groups -OCH3 is 1. The first-order valence-corrected chi connectivity index (χ1v) is 9.51. The summed E-state index contributed by atoms with van der Waals surface area (Å²) < 4.78 is 35.9. The average molecular weight is 399 g/mol. The van der Waals surface area contributed by atoms with Gasteiger partial charge in [-0.3, -0.25) is 4.79 Å². The molecule has 1 unspecified atom stereocenters. The molecule has 0 radical (unpaired) electrons. The van der Waals surface area contributed by atoms with E-state index in [2.05, 4.69) is 9.97 Å². The zero-order chi connectivity index (χ0) is 20.1. The number of nitrogens with two attached hydrogens (primary N) is 1. The molecule has 3 heterocycles. The van der Waals surface area contributed by atoms with Gasteiger partial charge in [0.2, 0.25) is 5.95 Å². The Labute approximate surface area is 163 Å². The summed E-state index contributed by atoms with van der Waals surface area (Å²) in [5.74, 6) is 0.463. The van der Waals surface area contributed by atoms with Gasteiger partial charge in [0.05, 0.1) is 24.8 Å². The molecule has 1 aromatic rings. The third kappa shape index (κ3) is 4.92. The molecule has 1 aromatic heterocycles. The van der Waals surface area contributed by atoms with Crippen LogP contribution < -0.4 is 10.6 Å². The van der Waals surface area contributed by atoms with E-state index in [1.165, 1.54) is 12.4 Å². The van der Waals surface area contributed by atoms with Crippen molar-refractivity contribution in [3.05, 3.63) is 18.0 Å². The SMILES string of the molecule is COC[C@H](N)COC1CCN(C2CCN(c3ncc(C(F)F)cn3)CC2)C1=O. The second-order valence-corrected chi connectivity index (χ2v) is 7.19. The zero-order valence-corrected chi connectivity index (χ0v) is 16.0. The summed E-state index contributed by atoms with van der Waals surface area (Å²) in [7, 11) is 1.58. The van der Waals surface area contributed by atoms with Crippen molar-refractivity contribution in [1.82, 2.24) is 14.9 Å². The van der Waals surface area contributed by atoms with E-state index < -0.39 is 12.5 Å². The number of anilines is 1. The fraction of sp³-hybridized carbons (Fsp3) is 0.722. The lowest BCUT2D eigenvalue weighted by Gasteiger charge is -2.36.